The fraction of sp³-hybridized carbons (Fsp3) is 0.333. The lowest BCUT2D eigenvalue weighted by Gasteiger charge is -2.39. The van der Waals surface area contributed by atoms with E-state index in [1.54, 1.807) is 43.6 Å². The summed E-state index contributed by atoms with van der Waals surface area (Å²) in [4.78, 5) is 25.6. The molecule has 2 heterocycles. The maximum absolute atomic E-state index is 13.3. The summed E-state index contributed by atoms with van der Waals surface area (Å²) in [6, 6.07) is 13.6. The number of aromatic nitrogens is 3. The summed E-state index contributed by atoms with van der Waals surface area (Å²) in [5, 5.41) is 13.6. The Kier molecular flexibility index (Phi) is 8.21. The van der Waals surface area contributed by atoms with Crippen LogP contribution in [0.5, 0.6) is 0 Å². The largest absolute Gasteiger partial charge is 0.481 e. The highest BCUT2D eigenvalue weighted by Gasteiger charge is 2.44. The lowest BCUT2D eigenvalue weighted by molar-refractivity contribution is -0.153. The minimum absolute atomic E-state index is 0.0147. The highest BCUT2D eigenvalue weighted by molar-refractivity contribution is 7.84. The van der Waals surface area contributed by atoms with E-state index in [4.69, 9.17) is 4.98 Å². The van der Waals surface area contributed by atoms with Crippen LogP contribution in [0.1, 0.15) is 49.7 Å². The van der Waals surface area contributed by atoms with E-state index in [1.807, 2.05) is 25.1 Å². The standard InChI is InChI=1S/C30H29F3N4O3S2/c1-17-12-18(8-10-29(17,2)27(38)39)26-35-16-23(41-26)20-13-19(22-6-4-5-7-24(22)42(3)40)14-21(15-20)36-28-34-11-9-25(37-28)30(31,32)33/h4-7,9,11,13-18H,8,10,12H2,1-3H3,(H,38,39)(H,34,36,37). The summed E-state index contributed by atoms with van der Waals surface area (Å²) in [5.74, 6) is -0.862. The number of rotatable bonds is 7. The molecule has 0 spiro atoms. The summed E-state index contributed by atoms with van der Waals surface area (Å²) >= 11 is 1.51. The molecule has 1 fully saturated rings. The van der Waals surface area contributed by atoms with Crippen molar-refractivity contribution in [3.05, 3.63) is 71.6 Å². The Morgan fingerprint density at radius 1 is 1.14 bits per heavy atom. The van der Waals surface area contributed by atoms with Crippen LogP contribution in [0.15, 0.2) is 65.8 Å². The number of alkyl halides is 3. The Morgan fingerprint density at radius 3 is 2.57 bits per heavy atom. The van der Waals surface area contributed by atoms with Crippen LogP contribution in [-0.2, 0) is 21.8 Å². The minimum Gasteiger partial charge on any atom is -0.481 e. The van der Waals surface area contributed by atoms with E-state index in [9.17, 15) is 27.3 Å². The smallest absolute Gasteiger partial charge is 0.433 e. The Bertz CT molecular complexity index is 1660. The van der Waals surface area contributed by atoms with Gasteiger partial charge in [-0.15, -0.1) is 11.3 Å². The molecule has 4 unspecified atom stereocenters. The first-order valence-electron chi connectivity index (χ1n) is 13.3. The quantitative estimate of drug-likeness (QED) is 0.219. The van der Waals surface area contributed by atoms with Gasteiger partial charge in [0.2, 0.25) is 5.95 Å². The monoisotopic (exact) mass is 614 g/mol. The summed E-state index contributed by atoms with van der Waals surface area (Å²) < 4.78 is 52.4. The molecule has 2 aromatic carbocycles. The molecule has 0 amide bonds. The van der Waals surface area contributed by atoms with Gasteiger partial charge in [0.1, 0.15) is 5.69 Å². The van der Waals surface area contributed by atoms with Gasteiger partial charge in [-0.05, 0) is 79.1 Å². The lowest BCUT2D eigenvalue weighted by atomic mass is 9.65. The first kappa shape index (κ1) is 29.8. The number of hydrogen-bond acceptors (Lipinski definition) is 7. The van der Waals surface area contributed by atoms with Gasteiger partial charge in [-0.2, -0.15) is 13.2 Å². The molecular weight excluding hydrogens is 585 g/mol. The number of nitrogens with one attached hydrogen (secondary N) is 1. The van der Waals surface area contributed by atoms with Crippen molar-refractivity contribution >= 4 is 39.7 Å². The molecule has 2 N–H and O–H groups in total. The van der Waals surface area contributed by atoms with Gasteiger partial charge in [0, 0.05) is 35.2 Å². The normalized spacial score (nSPS) is 21.6. The summed E-state index contributed by atoms with van der Waals surface area (Å²) in [7, 11) is -1.28. The first-order valence-corrected chi connectivity index (χ1v) is 15.7. The van der Waals surface area contributed by atoms with Gasteiger partial charge in [0.25, 0.3) is 0 Å². The molecule has 220 valence electrons. The van der Waals surface area contributed by atoms with Crippen LogP contribution in [0.4, 0.5) is 24.8 Å². The number of carboxylic acids is 1. The molecule has 1 saturated carbocycles. The molecule has 0 bridgehead atoms. The number of benzene rings is 2. The number of nitrogens with zero attached hydrogens (tertiary/aromatic N) is 3. The maximum Gasteiger partial charge on any atom is 0.433 e. The van der Waals surface area contributed by atoms with Gasteiger partial charge in [0.15, 0.2) is 0 Å². The van der Waals surface area contributed by atoms with E-state index in [2.05, 4.69) is 15.3 Å². The third-order valence-corrected chi connectivity index (χ3v) is 10.2. The third kappa shape index (κ3) is 6.10. The zero-order chi connectivity index (χ0) is 30.2. The Balaban J connectivity index is 1.53. The van der Waals surface area contributed by atoms with E-state index in [0.717, 1.165) is 39.7 Å². The highest BCUT2D eigenvalue weighted by Crippen LogP contribution is 2.48. The molecule has 0 saturated heterocycles. The molecule has 42 heavy (non-hydrogen) atoms. The van der Waals surface area contributed by atoms with E-state index in [0.29, 0.717) is 29.0 Å². The first-order chi connectivity index (χ1) is 19.8. The van der Waals surface area contributed by atoms with Crippen molar-refractivity contribution in [2.45, 2.75) is 50.1 Å². The van der Waals surface area contributed by atoms with Crippen molar-refractivity contribution in [2.75, 3.05) is 11.6 Å². The van der Waals surface area contributed by atoms with Gasteiger partial charge in [0.05, 0.1) is 26.1 Å². The van der Waals surface area contributed by atoms with Crippen LogP contribution in [0.3, 0.4) is 0 Å². The van der Waals surface area contributed by atoms with E-state index in [-0.39, 0.29) is 17.8 Å². The molecule has 5 rings (SSSR count). The second-order valence-electron chi connectivity index (χ2n) is 10.8. The fourth-order valence-electron chi connectivity index (χ4n) is 5.34. The molecule has 7 nitrogen and oxygen atoms in total. The summed E-state index contributed by atoms with van der Waals surface area (Å²) in [6.07, 6.45) is 1.79. The van der Waals surface area contributed by atoms with Gasteiger partial charge in [-0.1, -0.05) is 25.1 Å². The number of carboxylic acid groups (broad SMARTS) is 1. The molecule has 4 aromatic rings. The van der Waals surface area contributed by atoms with Crippen molar-refractivity contribution in [3.63, 3.8) is 0 Å². The average Bonchev–Trinajstić information content (AvgIpc) is 3.44. The minimum atomic E-state index is -4.62. The molecule has 12 heteroatoms. The molecule has 1 aliphatic rings. The maximum atomic E-state index is 13.3. The molecule has 2 aromatic heterocycles. The van der Waals surface area contributed by atoms with Crippen molar-refractivity contribution in [1.82, 2.24) is 15.0 Å². The summed E-state index contributed by atoms with van der Waals surface area (Å²) in [5.41, 5.74) is 0.844. The van der Waals surface area contributed by atoms with E-state index >= 15 is 0 Å². The number of aliphatic carboxylic acids is 1. The number of hydrogen-bond donors (Lipinski definition) is 2. The van der Waals surface area contributed by atoms with E-state index < -0.39 is 34.1 Å². The molecule has 1 aliphatic carbocycles. The predicted molar refractivity (Wildman–Crippen MR) is 157 cm³/mol. The van der Waals surface area contributed by atoms with Crippen LogP contribution in [0, 0.1) is 11.3 Å². The van der Waals surface area contributed by atoms with Gasteiger partial charge < -0.3 is 10.4 Å². The third-order valence-electron chi connectivity index (χ3n) is 8.03. The molecule has 0 radical (unpaired) electrons. The molecule has 4 atom stereocenters. The number of anilines is 2. The SMILES string of the molecule is CC1CC(c2ncc(-c3cc(Nc4nccc(C(F)(F)F)n4)cc(-c4ccccc4S(C)=O)c3)s2)CCC1(C)C(=O)O. The van der Waals surface area contributed by atoms with Crippen LogP contribution in [-0.4, -0.2) is 36.5 Å². The van der Waals surface area contributed by atoms with Gasteiger partial charge in [-0.25, -0.2) is 15.0 Å². The van der Waals surface area contributed by atoms with Crippen LogP contribution >= 0.6 is 11.3 Å². The molecule has 0 aliphatic heterocycles. The Hall–Kier alpha value is -3.64. The Morgan fingerprint density at radius 2 is 1.88 bits per heavy atom. The van der Waals surface area contributed by atoms with Crippen LogP contribution < -0.4 is 5.32 Å². The fourth-order valence-corrected chi connectivity index (χ4v) is 7.15. The van der Waals surface area contributed by atoms with E-state index in [1.165, 1.54) is 11.3 Å². The lowest BCUT2D eigenvalue weighted by Crippen LogP contribution is -2.38. The summed E-state index contributed by atoms with van der Waals surface area (Å²) in [6.45, 7) is 3.78. The Labute approximate surface area is 247 Å². The second-order valence-corrected chi connectivity index (χ2v) is 13.2. The van der Waals surface area contributed by atoms with Crippen molar-refractivity contribution < 1.29 is 27.3 Å². The van der Waals surface area contributed by atoms with Crippen LogP contribution in [0.2, 0.25) is 0 Å². The predicted octanol–water partition coefficient (Wildman–Crippen LogP) is 7.76. The van der Waals surface area contributed by atoms with Crippen LogP contribution in [0.25, 0.3) is 21.6 Å². The zero-order valence-electron chi connectivity index (χ0n) is 23.1. The number of thiazole rings is 1. The van der Waals surface area contributed by atoms with Crippen molar-refractivity contribution in [2.24, 2.45) is 11.3 Å². The average molecular weight is 615 g/mol. The highest BCUT2D eigenvalue weighted by atomic mass is 32.2. The molecular formula is C30H29F3N4O3S2. The van der Waals surface area contributed by atoms with Gasteiger partial charge >= 0.3 is 12.1 Å². The van der Waals surface area contributed by atoms with Crippen molar-refractivity contribution in [1.29, 1.82) is 0 Å². The second kappa shape index (κ2) is 11.6. The zero-order valence-corrected chi connectivity index (χ0v) is 24.7. The number of carbonyl (C=O) groups is 1. The topological polar surface area (TPSA) is 105 Å². The number of halogens is 3. The van der Waals surface area contributed by atoms with Crippen molar-refractivity contribution in [3.8, 4) is 21.6 Å². The van der Waals surface area contributed by atoms with Gasteiger partial charge in [-0.3, -0.25) is 9.00 Å².